The predicted molar refractivity (Wildman–Crippen MR) is 54.5 cm³/mol. The molecule has 0 aliphatic carbocycles. The van der Waals surface area contributed by atoms with Crippen LogP contribution in [-0.2, 0) is 4.74 Å². The molecule has 0 fully saturated rings. The molecule has 0 atom stereocenters. The van der Waals surface area contributed by atoms with E-state index in [0.29, 0.717) is 11.3 Å². The largest absolute Gasteiger partial charge is 0.496 e. The van der Waals surface area contributed by atoms with Gasteiger partial charge in [-0.15, -0.1) is 0 Å². The molecule has 0 amide bonds. The maximum absolute atomic E-state index is 7.50. The van der Waals surface area contributed by atoms with Crippen molar-refractivity contribution in [2.75, 3.05) is 14.2 Å². The standard InChI is InChI=1S/C9H10BrNO2/c1-12-8-4-3-6(10)5-7(8)9(11)13-2/h3-5,11H,1-2H3. The minimum Gasteiger partial charge on any atom is -0.496 e. The van der Waals surface area contributed by atoms with Gasteiger partial charge in [-0.3, -0.25) is 5.41 Å². The number of halogens is 1. The number of ether oxygens (including phenoxy) is 2. The van der Waals surface area contributed by atoms with Crippen LogP contribution in [0.15, 0.2) is 22.7 Å². The van der Waals surface area contributed by atoms with Crippen molar-refractivity contribution in [3.05, 3.63) is 28.2 Å². The van der Waals surface area contributed by atoms with E-state index in [1.807, 2.05) is 6.07 Å². The van der Waals surface area contributed by atoms with Crippen molar-refractivity contribution >= 4 is 21.8 Å². The zero-order valence-corrected chi connectivity index (χ0v) is 9.01. The average Bonchev–Trinajstić information content (AvgIpc) is 2.16. The maximum atomic E-state index is 7.50. The minimum absolute atomic E-state index is 0.0955. The van der Waals surface area contributed by atoms with Crippen LogP contribution in [0.2, 0.25) is 0 Å². The van der Waals surface area contributed by atoms with Gasteiger partial charge in [0.2, 0.25) is 5.90 Å². The molecule has 1 rings (SSSR count). The van der Waals surface area contributed by atoms with Crippen molar-refractivity contribution in [3.8, 4) is 5.75 Å². The Labute approximate surface area is 85.3 Å². The van der Waals surface area contributed by atoms with E-state index in [1.165, 1.54) is 7.11 Å². The maximum Gasteiger partial charge on any atom is 0.216 e. The van der Waals surface area contributed by atoms with Gasteiger partial charge in [0, 0.05) is 4.47 Å². The van der Waals surface area contributed by atoms with Crippen LogP contribution in [0.3, 0.4) is 0 Å². The summed E-state index contributed by atoms with van der Waals surface area (Å²) < 4.78 is 10.8. The van der Waals surface area contributed by atoms with Gasteiger partial charge in [-0.05, 0) is 18.2 Å². The van der Waals surface area contributed by atoms with Crippen LogP contribution in [0.4, 0.5) is 0 Å². The van der Waals surface area contributed by atoms with Crippen LogP contribution in [0.1, 0.15) is 5.56 Å². The van der Waals surface area contributed by atoms with Crippen LogP contribution in [0, 0.1) is 5.41 Å². The van der Waals surface area contributed by atoms with E-state index < -0.39 is 0 Å². The second-order valence-corrected chi connectivity index (χ2v) is 3.29. The highest BCUT2D eigenvalue weighted by Gasteiger charge is 2.08. The van der Waals surface area contributed by atoms with Gasteiger partial charge in [-0.25, -0.2) is 0 Å². The van der Waals surface area contributed by atoms with E-state index in [2.05, 4.69) is 15.9 Å². The van der Waals surface area contributed by atoms with Gasteiger partial charge in [-0.1, -0.05) is 15.9 Å². The molecule has 3 nitrogen and oxygen atoms in total. The second kappa shape index (κ2) is 4.28. The van der Waals surface area contributed by atoms with Crippen LogP contribution in [0.5, 0.6) is 5.75 Å². The van der Waals surface area contributed by atoms with Gasteiger partial charge in [0.25, 0.3) is 0 Å². The van der Waals surface area contributed by atoms with Crippen LogP contribution >= 0.6 is 15.9 Å². The van der Waals surface area contributed by atoms with Crippen LogP contribution in [0.25, 0.3) is 0 Å². The molecule has 0 saturated heterocycles. The SMILES string of the molecule is COC(=N)c1cc(Br)ccc1OC. The molecule has 70 valence electrons. The molecule has 1 N–H and O–H groups in total. The first-order chi connectivity index (χ1) is 6.19. The van der Waals surface area contributed by atoms with Crippen LogP contribution in [-0.4, -0.2) is 20.1 Å². The first kappa shape index (κ1) is 10.1. The lowest BCUT2D eigenvalue weighted by atomic mass is 10.2. The summed E-state index contributed by atoms with van der Waals surface area (Å²) in [6, 6.07) is 5.42. The highest BCUT2D eigenvalue weighted by molar-refractivity contribution is 9.10. The Morgan fingerprint density at radius 1 is 1.38 bits per heavy atom. The lowest BCUT2D eigenvalue weighted by Gasteiger charge is -2.08. The molecule has 0 aromatic heterocycles. The molecular formula is C9H10BrNO2. The topological polar surface area (TPSA) is 42.3 Å². The Morgan fingerprint density at radius 3 is 2.62 bits per heavy atom. The number of hydrogen-bond acceptors (Lipinski definition) is 3. The van der Waals surface area contributed by atoms with E-state index in [0.717, 1.165) is 4.47 Å². The van der Waals surface area contributed by atoms with E-state index >= 15 is 0 Å². The third-order valence-electron chi connectivity index (χ3n) is 1.61. The average molecular weight is 244 g/mol. The molecule has 0 heterocycles. The summed E-state index contributed by atoms with van der Waals surface area (Å²) in [5.74, 6) is 0.730. The summed E-state index contributed by atoms with van der Waals surface area (Å²) in [6.45, 7) is 0. The Kier molecular flexibility index (Phi) is 3.31. The van der Waals surface area contributed by atoms with Crippen LogP contribution < -0.4 is 4.74 Å². The van der Waals surface area contributed by atoms with Crippen molar-refractivity contribution < 1.29 is 9.47 Å². The van der Waals surface area contributed by atoms with E-state index in [-0.39, 0.29) is 5.90 Å². The molecule has 4 heteroatoms. The van der Waals surface area contributed by atoms with Gasteiger partial charge in [0.05, 0.1) is 19.8 Å². The van der Waals surface area contributed by atoms with Gasteiger partial charge >= 0.3 is 0 Å². The number of rotatable bonds is 2. The summed E-state index contributed by atoms with van der Waals surface area (Å²) in [7, 11) is 3.03. The van der Waals surface area contributed by atoms with E-state index in [4.69, 9.17) is 14.9 Å². The van der Waals surface area contributed by atoms with Crippen molar-refractivity contribution in [2.24, 2.45) is 0 Å². The monoisotopic (exact) mass is 243 g/mol. The molecule has 0 bridgehead atoms. The number of nitrogens with one attached hydrogen (secondary N) is 1. The Bertz CT molecular complexity index is 325. The molecule has 0 unspecified atom stereocenters. The number of benzene rings is 1. The Morgan fingerprint density at radius 2 is 2.08 bits per heavy atom. The predicted octanol–water partition coefficient (Wildman–Crippen LogP) is 2.43. The quantitative estimate of drug-likeness (QED) is 0.641. The molecule has 0 aliphatic rings. The summed E-state index contributed by atoms with van der Waals surface area (Å²) in [5, 5.41) is 7.50. The summed E-state index contributed by atoms with van der Waals surface area (Å²) in [5.41, 5.74) is 0.638. The van der Waals surface area contributed by atoms with Crippen molar-refractivity contribution in [2.45, 2.75) is 0 Å². The molecular weight excluding hydrogens is 234 g/mol. The van der Waals surface area contributed by atoms with Gasteiger partial charge in [0.1, 0.15) is 5.75 Å². The molecule has 13 heavy (non-hydrogen) atoms. The molecule has 1 aromatic rings. The molecule has 0 saturated carbocycles. The number of hydrogen-bond donors (Lipinski definition) is 1. The van der Waals surface area contributed by atoms with Gasteiger partial charge in [-0.2, -0.15) is 0 Å². The minimum atomic E-state index is 0.0955. The fourth-order valence-corrected chi connectivity index (χ4v) is 1.33. The smallest absolute Gasteiger partial charge is 0.216 e. The first-order valence-corrected chi connectivity index (χ1v) is 4.44. The highest BCUT2D eigenvalue weighted by atomic mass is 79.9. The fourth-order valence-electron chi connectivity index (χ4n) is 0.968. The summed E-state index contributed by atoms with van der Waals surface area (Å²) in [4.78, 5) is 0. The van der Waals surface area contributed by atoms with Crippen molar-refractivity contribution in [1.82, 2.24) is 0 Å². The Hall–Kier alpha value is -1.03. The molecule has 0 spiro atoms. The molecule has 0 radical (unpaired) electrons. The lowest BCUT2D eigenvalue weighted by molar-refractivity contribution is 0.388. The third-order valence-corrected chi connectivity index (χ3v) is 2.10. The van der Waals surface area contributed by atoms with Gasteiger partial charge < -0.3 is 9.47 Å². The van der Waals surface area contributed by atoms with Crippen molar-refractivity contribution in [1.29, 1.82) is 5.41 Å². The summed E-state index contributed by atoms with van der Waals surface area (Å²) in [6.07, 6.45) is 0. The summed E-state index contributed by atoms with van der Waals surface area (Å²) >= 11 is 3.32. The van der Waals surface area contributed by atoms with E-state index in [1.54, 1.807) is 19.2 Å². The fraction of sp³-hybridized carbons (Fsp3) is 0.222. The zero-order valence-electron chi connectivity index (χ0n) is 7.43. The normalized spacial score (nSPS) is 9.46. The van der Waals surface area contributed by atoms with E-state index in [9.17, 15) is 0 Å². The van der Waals surface area contributed by atoms with Gasteiger partial charge in [0.15, 0.2) is 0 Å². The molecule has 0 aliphatic heterocycles. The molecule has 1 aromatic carbocycles. The Balaban J connectivity index is 3.15. The third kappa shape index (κ3) is 2.21. The highest BCUT2D eigenvalue weighted by Crippen LogP contribution is 2.23. The lowest BCUT2D eigenvalue weighted by Crippen LogP contribution is -2.03. The zero-order chi connectivity index (χ0) is 9.84. The van der Waals surface area contributed by atoms with Crippen molar-refractivity contribution in [3.63, 3.8) is 0 Å². The number of methoxy groups -OCH3 is 2. The first-order valence-electron chi connectivity index (χ1n) is 3.65. The second-order valence-electron chi connectivity index (χ2n) is 2.38.